The molecule has 0 N–H and O–H groups in total. The number of furan rings is 1. The van der Waals surface area contributed by atoms with Gasteiger partial charge in [-0.25, -0.2) is 0 Å². The number of amides is 1. The van der Waals surface area contributed by atoms with Gasteiger partial charge in [-0.1, -0.05) is 48.9 Å². The van der Waals surface area contributed by atoms with Gasteiger partial charge < -0.3 is 9.32 Å². The summed E-state index contributed by atoms with van der Waals surface area (Å²) in [6.07, 6.45) is 4.32. The van der Waals surface area contributed by atoms with E-state index in [1.165, 1.54) is 11.8 Å². The molecule has 4 heteroatoms. The van der Waals surface area contributed by atoms with E-state index in [-0.39, 0.29) is 11.3 Å². The fourth-order valence-electron chi connectivity index (χ4n) is 3.02. The zero-order valence-corrected chi connectivity index (χ0v) is 15.1. The van der Waals surface area contributed by atoms with Crippen LogP contribution in [0.3, 0.4) is 0 Å². The molecule has 1 aromatic heterocycles. The van der Waals surface area contributed by atoms with E-state index in [1.807, 2.05) is 35.2 Å². The Kier molecular flexibility index (Phi) is 5.01. The largest absolute Gasteiger partial charge is 0.459 e. The topological polar surface area (TPSA) is 33.5 Å². The van der Waals surface area contributed by atoms with Crippen LogP contribution in [-0.4, -0.2) is 23.9 Å². The summed E-state index contributed by atoms with van der Waals surface area (Å²) in [5.41, 5.74) is 2.03. The smallest absolute Gasteiger partial charge is 0.289 e. The third kappa shape index (κ3) is 4.15. The van der Waals surface area contributed by atoms with E-state index in [4.69, 9.17) is 16.0 Å². The van der Waals surface area contributed by atoms with Crippen molar-refractivity contribution in [2.45, 2.75) is 20.3 Å². The highest BCUT2D eigenvalue weighted by molar-refractivity contribution is 6.30. The number of allylic oxidation sites excluding steroid dienone is 1. The van der Waals surface area contributed by atoms with Gasteiger partial charge in [-0.3, -0.25) is 4.79 Å². The van der Waals surface area contributed by atoms with E-state index in [0.29, 0.717) is 23.9 Å². The lowest BCUT2D eigenvalue weighted by Crippen LogP contribution is -2.44. The minimum atomic E-state index is -0.122. The molecule has 1 amide bonds. The van der Waals surface area contributed by atoms with E-state index in [9.17, 15) is 4.79 Å². The zero-order chi connectivity index (χ0) is 17.9. The molecule has 1 aliphatic heterocycles. The molecule has 0 spiro atoms. The third-order valence-corrected chi connectivity index (χ3v) is 4.65. The summed E-state index contributed by atoms with van der Waals surface area (Å²) in [6, 6.07) is 11.0. The number of piperidine rings is 1. The molecule has 1 saturated heterocycles. The van der Waals surface area contributed by atoms with Crippen LogP contribution in [0.2, 0.25) is 5.02 Å². The first-order valence-electron chi connectivity index (χ1n) is 8.25. The number of hydrogen-bond acceptors (Lipinski definition) is 2. The van der Waals surface area contributed by atoms with Crippen LogP contribution < -0.4 is 0 Å². The quantitative estimate of drug-likeness (QED) is 0.691. The summed E-state index contributed by atoms with van der Waals surface area (Å²) in [7, 11) is 0. The Hall–Kier alpha value is -2.44. The summed E-state index contributed by atoms with van der Waals surface area (Å²) < 4.78 is 5.23. The Morgan fingerprint density at radius 1 is 1.32 bits per heavy atom. The van der Waals surface area contributed by atoms with Gasteiger partial charge in [0.15, 0.2) is 5.76 Å². The Morgan fingerprint density at radius 3 is 2.84 bits per heavy atom. The predicted molar refractivity (Wildman–Crippen MR) is 99.4 cm³/mol. The van der Waals surface area contributed by atoms with Crippen LogP contribution in [0, 0.1) is 17.3 Å². The molecule has 25 heavy (non-hydrogen) atoms. The predicted octanol–water partition coefficient (Wildman–Crippen LogP) is 4.78. The maximum atomic E-state index is 12.5. The summed E-state index contributed by atoms with van der Waals surface area (Å²) in [5.74, 6) is 6.59. The van der Waals surface area contributed by atoms with Crippen LogP contribution in [-0.2, 0) is 0 Å². The van der Waals surface area contributed by atoms with E-state index in [2.05, 4.69) is 25.7 Å². The molecule has 0 radical (unpaired) electrons. The maximum absolute atomic E-state index is 12.5. The molecule has 0 unspecified atom stereocenters. The molecular weight excluding hydrogens is 334 g/mol. The van der Waals surface area contributed by atoms with Crippen molar-refractivity contribution < 1.29 is 9.21 Å². The van der Waals surface area contributed by atoms with E-state index in [0.717, 1.165) is 12.0 Å². The molecule has 3 rings (SSSR count). The van der Waals surface area contributed by atoms with Crippen molar-refractivity contribution in [2.24, 2.45) is 5.41 Å². The molecule has 0 saturated carbocycles. The van der Waals surface area contributed by atoms with Gasteiger partial charge in [0.2, 0.25) is 0 Å². The lowest BCUT2D eigenvalue weighted by molar-refractivity contribution is 0.0631. The Morgan fingerprint density at radius 2 is 2.16 bits per heavy atom. The summed E-state index contributed by atoms with van der Waals surface area (Å²) in [4.78, 5) is 14.3. The number of carbonyl (C=O) groups is 1. The van der Waals surface area contributed by atoms with Crippen molar-refractivity contribution in [3.8, 4) is 11.8 Å². The van der Waals surface area contributed by atoms with Gasteiger partial charge in [-0.05, 0) is 42.8 Å². The number of halogens is 1. The second-order valence-electron chi connectivity index (χ2n) is 6.79. The van der Waals surface area contributed by atoms with Gasteiger partial charge in [0.1, 0.15) is 0 Å². The second-order valence-corrected chi connectivity index (χ2v) is 7.22. The number of likely N-dealkylation sites (tertiary alicyclic amines) is 1. The van der Waals surface area contributed by atoms with Gasteiger partial charge in [-0.2, -0.15) is 0 Å². The van der Waals surface area contributed by atoms with Crippen molar-refractivity contribution in [2.75, 3.05) is 13.1 Å². The fourth-order valence-corrected chi connectivity index (χ4v) is 3.21. The normalized spacial score (nSPS) is 17.9. The molecule has 2 heterocycles. The van der Waals surface area contributed by atoms with Crippen LogP contribution >= 0.6 is 11.6 Å². The fraction of sp³-hybridized carbons (Fsp3) is 0.286. The van der Waals surface area contributed by atoms with E-state index < -0.39 is 0 Å². The first-order chi connectivity index (χ1) is 12.0. The summed E-state index contributed by atoms with van der Waals surface area (Å²) in [5, 5.41) is 0.685. The zero-order valence-electron chi connectivity index (χ0n) is 14.4. The highest BCUT2D eigenvalue weighted by atomic mass is 35.5. The highest BCUT2D eigenvalue weighted by Gasteiger charge is 2.34. The van der Waals surface area contributed by atoms with Gasteiger partial charge in [0, 0.05) is 29.1 Å². The van der Waals surface area contributed by atoms with Crippen LogP contribution in [0.15, 0.2) is 58.7 Å². The molecule has 128 valence electrons. The molecule has 1 aliphatic rings. The monoisotopic (exact) mass is 353 g/mol. The summed E-state index contributed by atoms with van der Waals surface area (Å²) in [6.45, 7) is 5.60. The Balaban J connectivity index is 1.72. The maximum Gasteiger partial charge on any atom is 0.289 e. The van der Waals surface area contributed by atoms with Crippen LogP contribution in [0.4, 0.5) is 0 Å². The highest BCUT2D eigenvalue weighted by Crippen LogP contribution is 2.34. The lowest BCUT2D eigenvalue weighted by Gasteiger charge is -2.39. The van der Waals surface area contributed by atoms with E-state index in [1.54, 1.807) is 12.1 Å². The molecule has 0 atom stereocenters. The number of nitrogens with zero attached hydrogens (tertiary/aromatic N) is 1. The molecule has 3 nitrogen and oxygen atoms in total. The van der Waals surface area contributed by atoms with Crippen LogP contribution in [0.5, 0.6) is 0 Å². The minimum Gasteiger partial charge on any atom is -0.459 e. The Labute approximate surface area is 153 Å². The second kappa shape index (κ2) is 7.21. The van der Waals surface area contributed by atoms with Crippen LogP contribution in [0.25, 0.3) is 0 Å². The van der Waals surface area contributed by atoms with Gasteiger partial charge in [-0.15, -0.1) is 0 Å². The number of rotatable bonds is 1. The van der Waals surface area contributed by atoms with Gasteiger partial charge in [0.05, 0.1) is 6.26 Å². The lowest BCUT2D eigenvalue weighted by atomic mass is 9.78. The third-order valence-electron chi connectivity index (χ3n) is 4.41. The number of benzene rings is 1. The standard InChI is InChI=1S/C21H20ClNO2/c1-21(2)15-23(20(24)19-10-5-13-25-19)12-11-17(21)8-3-6-16-7-4-9-18(22)14-16/h4-5,7-10,13-14H,11-12,15H2,1-2H3/b17-8+. The van der Waals surface area contributed by atoms with Crippen molar-refractivity contribution in [1.82, 2.24) is 4.90 Å². The van der Waals surface area contributed by atoms with Crippen molar-refractivity contribution >= 4 is 17.5 Å². The van der Waals surface area contributed by atoms with Crippen molar-refractivity contribution in [3.63, 3.8) is 0 Å². The molecule has 1 aromatic carbocycles. The molecule has 2 aromatic rings. The molecule has 1 fully saturated rings. The molecule has 0 aliphatic carbocycles. The summed E-state index contributed by atoms with van der Waals surface area (Å²) >= 11 is 5.98. The van der Waals surface area contributed by atoms with Gasteiger partial charge in [0.25, 0.3) is 5.91 Å². The van der Waals surface area contributed by atoms with Crippen molar-refractivity contribution in [3.05, 3.63) is 70.7 Å². The first kappa shape index (κ1) is 17.4. The Bertz CT molecular complexity index is 854. The van der Waals surface area contributed by atoms with Crippen molar-refractivity contribution in [1.29, 1.82) is 0 Å². The van der Waals surface area contributed by atoms with Crippen LogP contribution in [0.1, 0.15) is 36.4 Å². The molecule has 0 bridgehead atoms. The number of hydrogen-bond donors (Lipinski definition) is 0. The SMILES string of the molecule is CC1(C)CN(C(=O)c2ccco2)CC/C1=C\C#Cc1cccc(Cl)c1. The number of carbonyl (C=O) groups excluding carboxylic acids is 1. The van der Waals surface area contributed by atoms with E-state index >= 15 is 0 Å². The molecular formula is C21H20ClNO2. The van der Waals surface area contributed by atoms with Gasteiger partial charge >= 0.3 is 0 Å². The average Bonchev–Trinajstić information content (AvgIpc) is 3.10. The minimum absolute atomic E-state index is 0.0536. The first-order valence-corrected chi connectivity index (χ1v) is 8.63. The average molecular weight is 354 g/mol.